The largest absolute Gasteiger partial charge is 0.469 e. The van der Waals surface area contributed by atoms with Crippen molar-refractivity contribution in [2.24, 2.45) is 5.92 Å². The molecule has 2 unspecified atom stereocenters. The molecule has 1 aliphatic rings. The number of esters is 1. The Balaban J connectivity index is 2.06. The van der Waals surface area contributed by atoms with E-state index in [0.717, 1.165) is 12.1 Å². The number of carbonyl (C=O) groups excluding carboxylic acids is 1. The number of hydrogen-bond donors (Lipinski definition) is 1. The van der Waals surface area contributed by atoms with E-state index in [1.165, 1.54) is 12.7 Å². The van der Waals surface area contributed by atoms with Crippen LogP contribution in [0.5, 0.6) is 0 Å². The predicted octanol–water partition coefficient (Wildman–Crippen LogP) is 1.55. The number of benzene rings is 1. The zero-order valence-electron chi connectivity index (χ0n) is 8.07. The van der Waals surface area contributed by atoms with Gasteiger partial charge < -0.3 is 10.5 Å². The topological polar surface area (TPSA) is 52.3 Å². The molecule has 0 aliphatic heterocycles. The smallest absolute Gasteiger partial charge is 0.309 e. The van der Waals surface area contributed by atoms with E-state index in [0.29, 0.717) is 5.92 Å². The van der Waals surface area contributed by atoms with Gasteiger partial charge in [0.1, 0.15) is 0 Å². The molecule has 0 radical (unpaired) electrons. The Kier molecular flexibility index (Phi) is 2.15. The van der Waals surface area contributed by atoms with E-state index in [2.05, 4.69) is 4.74 Å². The van der Waals surface area contributed by atoms with Crippen molar-refractivity contribution in [1.82, 2.24) is 0 Å². The van der Waals surface area contributed by atoms with Crippen molar-refractivity contribution in [3.8, 4) is 0 Å². The fourth-order valence-electron chi connectivity index (χ4n) is 1.72. The molecule has 2 rings (SSSR count). The molecule has 1 saturated carbocycles. The average Bonchev–Trinajstić information content (AvgIpc) is 2.98. The molecule has 3 heteroatoms. The van der Waals surface area contributed by atoms with Crippen LogP contribution in [0.3, 0.4) is 0 Å². The average molecular weight is 191 g/mol. The van der Waals surface area contributed by atoms with Gasteiger partial charge in [-0.2, -0.15) is 0 Å². The second kappa shape index (κ2) is 3.33. The third kappa shape index (κ3) is 1.58. The van der Waals surface area contributed by atoms with Crippen LogP contribution in [0.15, 0.2) is 24.3 Å². The van der Waals surface area contributed by atoms with Crippen LogP contribution >= 0.6 is 0 Å². The molecule has 0 spiro atoms. The van der Waals surface area contributed by atoms with Crippen molar-refractivity contribution in [3.63, 3.8) is 0 Å². The van der Waals surface area contributed by atoms with Crippen LogP contribution in [-0.4, -0.2) is 13.1 Å². The molecule has 1 aromatic carbocycles. The van der Waals surface area contributed by atoms with Gasteiger partial charge >= 0.3 is 5.97 Å². The van der Waals surface area contributed by atoms with Crippen molar-refractivity contribution < 1.29 is 9.53 Å². The first kappa shape index (κ1) is 9.06. The quantitative estimate of drug-likeness (QED) is 0.570. The van der Waals surface area contributed by atoms with Crippen LogP contribution < -0.4 is 5.73 Å². The summed E-state index contributed by atoms with van der Waals surface area (Å²) in [5.74, 6) is 0.290. The summed E-state index contributed by atoms with van der Waals surface area (Å²) in [7, 11) is 1.43. The van der Waals surface area contributed by atoms with E-state index in [1.54, 1.807) is 0 Å². The molecule has 1 aromatic rings. The number of methoxy groups -OCH3 is 1. The summed E-state index contributed by atoms with van der Waals surface area (Å²) >= 11 is 0. The second-order valence-corrected chi connectivity index (χ2v) is 3.64. The van der Waals surface area contributed by atoms with E-state index in [-0.39, 0.29) is 11.9 Å². The molecule has 0 aromatic heterocycles. The minimum atomic E-state index is -0.105. The zero-order valence-corrected chi connectivity index (χ0v) is 8.07. The number of hydrogen-bond acceptors (Lipinski definition) is 3. The highest BCUT2D eigenvalue weighted by Gasteiger charge is 2.44. The maximum absolute atomic E-state index is 11.2. The first-order chi connectivity index (χ1) is 6.72. The molecule has 2 atom stereocenters. The number of anilines is 1. The Morgan fingerprint density at radius 3 is 2.64 bits per heavy atom. The molecule has 2 N–H and O–H groups in total. The summed E-state index contributed by atoms with van der Waals surface area (Å²) in [6.07, 6.45) is 0.899. The standard InChI is InChI=1S/C11H13NO2/c1-14-11(13)10-6-9(10)7-2-4-8(12)5-3-7/h2-5,9-10H,6,12H2,1H3. The third-order valence-electron chi connectivity index (χ3n) is 2.66. The number of carbonyl (C=O) groups is 1. The van der Waals surface area contributed by atoms with E-state index < -0.39 is 0 Å². The van der Waals surface area contributed by atoms with E-state index in [1.807, 2.05) is 24.3 Å². The number of ether oxygens (including phenoxy) is 1. The van der Waals surface area contributed by atoms with Crippen molar-refractivity contribution >= 4 is 11.7 Å². The molecule has 14 heavy (non-hydrogen) atoms. The highest BCUT2D eigenvalue weighted by molar-refractivity contribution is 5.77. The summed E-state index contributed by atoms with van der Waals surface area (Å²) in [6, 6.07) is 7.68. The first-order valence-corrected chi connectivity index (χ1v) is 4.65. The van der Waals surface area contributed by atoms with Gasteiger partial charge in [-0.15, -0.1) is 0 Å². The fraction of sp³-hybridized carbons (Fsp3) is 0.364. The summed E-state index contributed by atoms with van der Waals surface area (Å²) in [4.78, 5) is 11.2. The molecule has 0 bridgehead atoms. The molecule has 0 saturated heterocycles. The molecule has 1 aliphatic carbocycles. The highest BCUT2D eigenvalue weighted by Crippen LogP contribution is 2.48. The lowest BCUT2D eigenvalue weighted by molar-refractivity contribution is -0.142. The van der Waals surface area contributed by atoms with Gasteiger partial charge in [-0.3, -0.25) is 4.79 Å². The van der Waals surface area contributed by atoms with Crippen LogP contribution in [0.4, 0.5) is 5.69 Å². The number of nitrogen functional groups attached to an aromatic ring is 1. The maximum Gasteiger partial charge on any atom is 0.309 e. The Bertz CT molecular complexity index is 345. The van der Waals surface area contributed by atoms with Crippen LogP contribution in [0, 0.1) is 5.92 Å². The third-order valence-corrected chi connectivity index (χ3v) is 2.66. The minimum Gasteiger partial charge on any atom is -0.469 e. The van der Waals surface area contributed by atoms with Gasteiger partial charge in [0.05, 0.1) is 13.0 Å². The SMILES string of the molecule is COC(=O)C1CC1c1ccc(N)cc1. The molecule has 74 valence electrons. The normalized spacial score (nSPS) is 24.4. The predicted molar refractivity (Wildman–Crippen MR) is 53.7 cm³/mol. The fourth-order valence-corrected chi connectivity index (χ4v) is 1.72. The van der Waals surface area contributed by atoms with Crippen molar-refractivity contribution in [2.45, 2.75) is 12.3 Å². The zero-order chi connectivity index (χ0) is 10.1. The van der Waals surface area contributed by atoms with Gasteiger partial charge in [-0.05, 0) is 30.0 Å². The lowest BCUT2D eigenvalue weighted by Gasteiger charge is -2.00. The molecule has 1 fully saturated rings. The number of rotatable bonds is 2. The minimum absolute atomic E-state index is 0.0589. The Morgan fingerprint density at radius 2 is 2.07 bits per heavy atom. The van der Waals surface area contributed by atoms with E-state index >= 15 is 0 Å². The van der Waals surface area contributed by atoms with E-state index in [9.17, 15) is 4.79 Å². The van der Waals surface area contributed by atoms with Crippen LogP contribution in [0.25, 0.3) is 0 Å². The number of nitrogens with two attached hydrogens (primary N) is 1. The first-order valence-electron chi connectivity index (χ1n) is 4.65. The van der Waals surface area contributed by atoms with Crippen molar-refractivity contribution in [1.29, 1.82) is 0 Å². The second-order valence-electron chi connectivity index (χ2n) is 3.64. The molecule has 0 amide bonds. The molecular weight excluding hydrogens is 178 g/mol. The van der Waals surface area contributed by atoms with Gasteiger partial charge in [-0.25, -0.2) is 0 Å². The summed E-state index contributed by atoms with van der Waals surface area (Å²) in [5.41, 5.74) is 7.51. The Labute approximate surface area is 82.9 Å². The van der Waals surface area contributed by atoms with Gasteiger partial charge in [0.2, 0.25) is 0 Å². The molecule has 0 heterocycles. The lowest BCUT2D eigenvalue weighted by atomic mass is 10.1. The molecule has 3 nitrogen and oxygen atoms in total. The van der Waals surface area contributed by atoms with Crippen LogP contribution in [0.2, 0.25) is 0 Å². The Morgan fingerprint density at radius 1 is 1.43 bits per heavy atom. The van der Waals surface area contributed by atoms with Crippen LogP contribution in [-0.2, 0) is 9.53 Å². The summed E-state index contributed by atoms with van der Waals surface area (Å²) in [6.45, 7) is 0. The van der Waals surface area contributed by atoms with Crippen molar-refractivity contribution in [2.75, 3.05) is 12.8 Å². The lowest BCUT2D eigenvalue weighted by Crippen LogP contribution is -2.03. The summed E-state index contributed by atoms with van der Waals surface area (Å²) < 4.78 is 4.69. The molecular formula is C11H13NO2. The van der Waals surface area contributed by atoms with Gasteiger partial charge in [0.25, 0.3) is 0 Å². The Hall–Kier alpha value is -1.51. The van der Waals surface area contributed by atoms with Gasteiger partial charge in [-0.1, -0.05) is 12.1 Å². The van der Waals surface area contributed by atoms with Crippen molar-refractivity contribution in [3.05, 3.63) is 29.8 Å². The monoisotopic (exact) mass is 191 g/mol. The van der Waals surface area contributed by atoms with E-state index in [4.69, 9.17) is 5.73 Å². The summed E-state index contributed by atoms with van der Waals surface area (Å²) in [5, 5.41) is 0. The van der Waals surface area contributed by atoms with Crippen LogP contribution in [0.1, 0.15) is 17.9 Å². The van der Waals surface area contributed by atoms with Gasteiger partial charge in [0.15, 0.2) is 0 Å². The maximum atomic E-state index is 11.2. The van der Waals surface area contributed by atoms with Gasteiger partial charge in [0, 0.05) is 5.69 Å². The highest BCUT2D eigenvalue weighted by atomic mass is 16.5.